The molecule has 0 radical (unpaired) electrons. The highest BCUT2D eigenvalue weighted by Gasteiger charge is 2.48. The summed E-state index contributed by atoms with van der Waals surface area (Å²) in [6.45, 7) is 3.14. The van der Waals surface area contributed by atoms with Gasteiger partial charge in [0.05, 0.1) is 12.7 Å². The van der Waals surface area contributed by atoms with Gasteiger partial charge in [0.15, 0.2) is 0 Å². The molecular weight excluding hydrogens is 358 g/mol. The Morgan fingerprint density at radius 2 is 2.11 bits per heavy atom. The number of aliphatic hydroxyl groups excluding tert-OH is 1. The lowest BCUT2D eigenvalue weighted by Gasteiger charge is -2.42. The number of hydrogen-bond acceptors (Lipinski definition) is 7. The molecule has 2 aromatic heterocycles. The van der Waals surface area contributed by atoms with Gasteiger partial charge in [-0.1, -0.05) is 0 Å². The van der Waals surface area contributed by atoms with E-state index in [1.807, 2.05) is 11.0 Å². The van der Waals surface area contributed by atoms with Crippen molar-refractivity contribution in [1.29, 1.82) is 0 Å². The number of carbonyl (C=O) groups is 1. The summed E-state index contributed by atoms with van der Waals surface area (Å²) in [5, 5.41) is 9.99. The van der Waals surface area contributed by atoms with Crippen molar-refractivity contribution in [2.24, 2.45) is 11.3 Å². The second-order valence-corrected chi connectivity index (χ2v) is 7.57. The van der Waals surface area contributed by atoms with E-state index in [9.17, 15) is 9.90 Å². The molecule has 148 valence electrons. The van der Waals surface area contributed by atoms with E-state index < -0.39 is 0 Å². The summed E-state index contributed by atoms with van der Waals surface area (Å²) in [5.41, 5.74) is 0.582. The number of rotatable bonds is 4. The molecule has 0 aliphatic carbocycles. The first-order valence-electron chi connectivity index (χ1n) is 9.56. The molecule has 8 nitrogen and oxygen atoms in total. The van der Waals surface area contributed by atoms with Crippen LogP contribution in [0.25, 0.3) is 0 Å². The standard InChI is InChI=1S/C20H25N5O3/c1-28-18-3-2-15(10-22-18)19(27)24-8-5-20(6-9-24)13-25(11-16(20)12-26)17-4-7-21-14-23-17/h2-4,7,10,14,16,26H,5-6,8-9,11-13H2,1H3. The highest BCUT2D eigenvalue weighted by atomic mass is 16.5. The fourth-order valence-corrected chi connectivity index (χ4v) is 4.46. The minimum Gasteiger partial charge on any atom is -0.481 e. The molecule has 2 aromatic rings. The van der Waals surface area contributed by atoms with E-state index in [2.05, 4.69) is 19.9 Å². The van der Waals surface area contributed by atoms with Crippen LogP contribution in [-0.4, -0.2) is 70.8 Å². The maximum atomic E-state index is 12.8. The van der Waals surface area contributed by atoms with Crippen LogP contribution in [0.15, 0.2) is 36.9 Å². The van der Waals surface area contributed by atoms with Gasteiger partial charge >= 0.3 is 0 Å². The Hall–Kier alpha value is -2.74. The molecule has 1 unspecified atom stereocenters. The average Bonchev–Trinajstić information content (AvgIpc) is 3.12. The summed E-state index contributed by atoms with van der Waals surface area (Å²) in [6, 6.07) is 5.36. The number of nitrogens with zero attached hydrogens (tertiary/aromatic N) is 5. The molecule has 1 atom stereocenters. The van der Waals surface area contributed by atoms with E-state index in [1.54, 1.807) is 38.0 Å². The van der Waals surface area contributed by atoms with Crippen LogP contribution in [0.3, 0.4) is 0 Å². The number of hydrogen-bond donors (Lipinski definition) is 1. The Morgan fingerprint density at radius 3 is 2.71 bits per heavy atom. The second-order valence-electron chi connectivity index (χ2n) is 7.57. The zero-order valence-electron chi connectivity index (χ0n) is 16.0. The molecular formula is C20H25N5O3. The van der Waals surface area contributed by atoms with E-state index in [0.29, 0.717) is 24.5 Å². The number of ether oxygens (including phenoxy) is 1. The summed E-state index contributed by atoms with van der Waals surface area (Å²) in [4.78, 5) is 29.4. The molecule has 2 saturated heterocycles. The third-order valence-corrected chi connectivity index (χ3v) is 6.16. The molecule has 1 spiro atoms. The molecule has 4 heterocycles. The van der Waals surface area contributed by atoms with Crippen LogP contribution in [-0.2, 0) is 0 Å². The minimum absolute atomic E-state index is 0.00351. The molecule has 8 heteroatoms. The Bertz CT molecular complexity index is 806. The quantitative estimate of drug-likeness (QED) is 0.849. The number of piperidine rings is 1. The minimum atomic E-state index is -0.00351. The van der Waals surface area contributed by atoms with Gasteiger partial charge in [-0.25, -0.2) is 15.0 Å². The lowest BCUT2D eigenvalue weighted by Crippen LogP contribution is -2.47. The number of pyridine rings is 1. The summed E-state index contributed by atoms with van der Waals surface area (Å²) in [6.07, 6.45) is 6.60. The fourth-order valence-electron chi connectivity index (χ4n) is 4.46. The zero-order valence-corrected chi connectivity index (χ0v) is 16.0. The van der Waals surface area contributed by atoms with Gasteiger partial charge in [0, 0.05) is 57.2 Å². The van der Waals surface area contributed by atoms with Gasteiger partial charge < -0.3 is 19.6 Å². The van der Waals surface area contributed by atoms with Gasteiger partial charge in [-0.05, 0) is 30.4 Å². The number of methoxy groups -OCH3 is 1. The number of carbonyl (C=O) groups excluding carboxylic acids is 1. The van der Waals surface area contributed by atoms with Crippen LogP contribution in [0.5, 0.6) is 5.88 Å². The van der Waals surface area contributed by atoms with Crippen LogP contribution in [0.1, 0.15) is 23.2 Å². The molecule has 0 saturated carbocycles. The second kappa shape index (κ2) is 7.71. The first-order valence-corrected chi connectivity index (χ1v) is 9.56. The van der Waals surface area contributed by atoms with Crippen molar-refractivity contribution in [3.05, 3.63) is 42.5 Å². The molecule has 2 aliphatic rings. The maximum Gasteiger partial charge on any atom is 0.255 e. The van der Waals surface area contributed by atoms with E-state index >= 15 is 0 Å². The Labute approximate surface area is 164 Å². The van der Waals surface area contributed by atoms with E-state index in [1.165, 1.54) is 0 Å². The highest BCUT2D eigenvalue weighted by Crippen LogP contribution is 2.45. The van der Waals surface area contributed by atoms with Crippen LogP contribution in [0.4, 0.5) is 5.82 Å². The molecule has 1 amide bonds. The van der Waals surface area contributed by atoms with Gasteiger partial charge in [0.25, 0.3) is 5.91 Å². The zero-order chi connectivity index (χ0) is 19.6. The molecule has 4 rings (SSSR count). The van der Waals surface area contributed by atoms with E-state index in [-0.39, 0.29) is 23.8 Å². The first-order chi connectivity index (χ1) is 13.6. The third-order valence-electron chi connectivity index (χ3n) is 6.16. The van der Waals surface area contributed by atoms with Gasteiger partial charge in [-0.3, -0.25) is 4.79 Å². The lowest BCUT2D eigenvalue weighted by atomic mass is 9.71. The monoisotopic (exact) mass is 383 g/mol. The Kier molecular flexibility index (Phi) is 5.13. The first kappa shape index (κ1) is 18.6. The predicted octanol–water partition coefficient (Wildman–Crippen LogP) is 1.23. The lowest BCUT2D eigenvalue weighted by molar-refractivity contribution is 0.0416. The van der Waals surface area contributed by atoms with Gasteiger partial charge in [0.1, 0.15) is 12.1 Å². The van der Waals surface area contributed by atoms with E-state index in [4.69, 9.17) is 4.74 Å². The predicted molar refractivity (Wildman–Crippen MR) is 103 cm³/mol. The van der Waals surface area contributed by atoms with Crippen molar-refractivity contribution in [2.45, 2.75) is 12.8 Å². The molecule has 0 aromatic carbocycles. The van der Waals surface area contributed by atoms with Gasteiger partial charge in [-0.2, -0.15) is 0 Å². The summed E-state index contributed by atoms with van der Waals surface area (Å²) < 4.78 is 5.06. The number of aliphatic hydroxyl groups is 1. The molecule has 2 fully saturated rings. The van der Waals surface area contributed by atoms with Gasteiger partial charge in [0.2, 0.25) is 5.88 Å². The number of amides is 1. The number of anilines is 1. The normalized spacial score (nSPS) is 21.1. The van der Waals surface area contributed by atoms with Crippen LogP contribution in [0, 0.1) is 11.3 Å². The van der Waals surface area contributed by atoms with Crippen LogP contribution >= 0.6 is 0 Å². The molecule has 1 N–H and O–H groups in total. The Balaban J connectivity index is 1.44. The SMILES string of the molecule is COc1ccc(C(=O)N2CCC3(CC2)CN(c2ccncn2)CC3CO)cn1. The van der Waals surface area contributed by atoms with Crippen molar-refractivity contribution in [3.63, 3.8) is 0 Å². The number of likely N-dealkylation sites (tertiary alicyclic amines) is 1. The third kappa shape index (κ3) is 3.40. The highest BCUT2D eigenvalue weighted by molar-refractivity contribution is 5.94. The smallest absolute Gasteiger partial charge is 0.255 e. The van der Waals surface area contributed by atoms with Crippen molar-refractivity contribution >= 4 is 11.7 Å². The van der Waals surface area contributed by atoms with Crippen molar-refractivity contribution in [1.82, 2.24) is 19.9 Å². The Morgan fingerprint density at radius 1 is 1.29 bits per heavy atom. The topological polar surface area (TPSA) is 91.7 Å². The summed E-state index contributed by atoms with van der Waals surface area (Å²) in [5.74, 6) is 1.57. The molecule has 28 heavy (non-hydrogen) atoms. The fraction of sp³-hybridized carbons (Fsp3) is 0.500. The van der Waals surface area contributed by atoms with Gasteiger partial charge in [-0.15, -0.1) is 0 Å². The van der Waals surface area contributed by atoms with E-state index in [0.717, 1.165) is 31.7 Å². The molecule has 0 bridgehead atoms. The molecule has 2 aliphatic heterocycles. The average molecular weight is 383 g/mol. The van der Waals surface area contributed by atoms with Crippen molar-refractivity contribution < 1.29 is 14.6 Å². The van der Waals surface area contributed by atoms with Crippen molar-refractivity contribution in [3.8, 4) is 5.88 Å². The number of aromatic nitrogens is 3. The largest absolute Gasteiger partial charge is 0.481 e. The maximum absolute atomic E-state index is 12.8. The van der Waals surface area contributed by atoms with Crippen LogP contribution < -0.4 is 9.64 Å². The van der Waals surface area contributed by atoms with Crippen LogP contribution in [0.2, 0.25) is 0 Å². The van der Waals surface area contributed by atoms with Crippen molar-refractivity contribution in [2.75, 3.05) is 44.8 Å². The summed E-state index contributed by atoms with van der Waals surface area (Å²) >= 11 is 0. The summed E-state index contributed by atoms with van der Waals surface area (Å²) in [7, 11) is 1.55.